The van der Waals surface area contributed by atoms with Crippen LogP contribution in [0.2, 0.25) is 0 Å². The van der Waals surface area contributed by atoms with Crippen LogP contribution in [0.4, 0.5) is 0 Å². The minimum Gasteiger partial charge on any atom is -0.389 e. The molecule has 0 aliphatic heterocycles. The van der Waals surface area contributed by atoms with Gasteiger partial charge in [0.2, 0.25) is 0 Å². The average Bonchev–Trinajstić information content (AvgIpc) is 2.57. The zero-order valence-electron chi connectivity index (χ0n) is 13.3. The van der Waals surface area contributed by atoms with E-state index in [1.165, 1.54) is 0 Å². The summed E-state index contributed by atoms with van der Waals surface area (Å²) < 4.78 is 6.05. The minimum atomic E-state index is -0.533. The number of aliphatic hydroxyl groups excluding tert-OH is 1. The van der Waals surface area contributed by atoms with Crippen molar-refractivity contribution >= 4 is 0 Å². The van der Waals surface area contributed by atoms with Crippen LogP contribution in [0.25, 0.3) is 0 Å². The minimum absolute atomic E-state index is 0.0113. The third-order valence-electron chi connectivity index (χ3n) is 3.74. The second-order valence-corrected chi connectivity index (χ2v) is 5.45. The summed E-state index contributed by atoms with van der Waals surface area (Å²) in [4.78, 5) is 0. The maximum atomic E-state index is 10.2. The van der Waals surface area contributed by atoms with Gasteiger partial charge < -0.3 is 15.2 Å². The number of ether oxygens (including phenoxy) is 1. The summed E-state index contributed by atoms with van der Waals surface area (Å²) in [7, 11) is 0. The van der Waals surface area contributed by atoms with E-state index in [0.29, 0.717) is 6.61 Å². The largest absolute Gasteiger partial charge is 0.389 e. The molecule has 0 radical (unpaired) electrons. The summed E-state index contributed by atoms with van der Waals surface area (Å²) in [6.07, 6.45) is -0.694. The highest BCUT2D eigenvalue weighted by Gasteiger charge is 2.19. The van der Waals surface area contributed by atoms with Crippen molar-refractivity contribution in [2.45, 2.75) is 32.1 Å². The highest BCUT2D eigenvalue weighted by molar-refractivity contribution is 5.29. The van der Waals surface area contributed by atoms with Crippen LogP contribution in [0.1, 0.15) is 31.1 Å². The second-order valence-electron chi connectivity index (χ2n) is 5.45. The first-order chi connectivity index (χ1) is 10.7. The summed E-state index contributed by atoms with van der Waals surface area (Å²) in [5, 5.41) is 13.4. The Bertz CT molecular complexity index is 490. The van der Waals surface area contributed by atoms with Gasteiger partial charge in [-0.1, -0.05) is 67.6 Å². The lowest BCUT2D eigenvalue weighted by Gasteiger charge is -2.24. The van der Waals surface area contributed by atoms with E-state index < -0.39 is 6.10 Å². The monoisotopic (exact) mass is 299 g/mol. The Labute approximate surface area is 133 Å². The van der Waals surface area contributed by atoms with Crippen LogP contribution in [0, 0.1) is 0 Å². The molecular weight excluding hydrogens is 274 g/mol. The number of hydrogen-bond acceptors (Lipinski definition) is 3. The third-order valence-corrected chi connectivity index (χ3v) is 3.74. The summed E-state index contributed by atoms with van der Waals surface area (Å²) in [6.45, 7) is 5.13. The SMILES string of the molecule is CCN[C@@H](C)[C@H](O)COC(c1ccccc1)c1ccccc1. The Morgan fingerprint density at radius 3 is 1.91 bits per heavy atom. The summed E-state index contributed by atoms with van der Waals surface area (Å²) in [5.41, 5.74) is 2.19. The molecular formula is C19H25NO2. The molecule has 2 aromatic rings. The first kappa shape index (κ1) is 16.7. The maximum absolute atomic E-state index is 10.2. The molecule has 0 saturated heterocycles. The molecule has 0 aliphatic carbocycles. The topological polar surface area (TPSA) is 41.5 Å². The molecule has 0 bridgehead atoms. The predicted molar refractivity (Wildman–Crippen MR) is 89.8 cm³/mol. The molecule has 22 heavy (non-hydrogen) atoms. The summed E-state index contributed by atoms with van der Waals surface area (Å²) >= 11 is 0. The standard InChI is InChI=1S/C19H25NO2/c1-3-20-15(2)18(21)14-22-19(16-10-6-4-7-11-16)17-12-8-5-9-13-17/h4-13,15,18-21H,3,14H2,1-2H3/t15-,18+/m0/s1. The number of benzene rings is 2. The number of hydrogen-bond donors (Lipinski definition) is 2. The Hall–Kier alpha value is -1.68. The van der Waals surface area contributed by atoms with E-state index in [0.717, 1.165) is 17.7 Å². The van der Waals surface area contributed by atoms with Gasteiger partial charge in [0.25, 0.3) is 0 Å². The normalized spacial score (nSPS) is 14.0. The van der Waals surface area contributed by atoms with Gasteiger partial charge in [-0.15, -0.1) is 0 Å². The van der Waals surface area contributed by atoms with Gasteiger partial charge >= 0.3 is 0 Å². The van der Waals surface area contributed by atoms with Crippen LogP contribution < -0.4 is 5.32 Å². The number of aliphatic hydroxyl groups is 1. The molecule has 0 fully saturated rings. The molecule has 0 aromatic heterocycles. The Balaban J connectivity index is 2.09. The highest BCUT2D eigenvalue weighted by atomic mass is 16.5. The van der Waals surface area contributed by atoms with Crippen LogP contribution in [0.5, 0.6) is 0 Å². The van der Waals surface area contributed by atoms with E-state index in [1.54, 1.807) is 0 Å². The fourth-order valence-corrected chi connectivity index (χ4v) is 2.44. The van der Waals surface area contributed by atoms with Crippen LogP contribution >= 0.6 is 0 Å². The van der Waals surface area contributed by atoms with Crippen molar-refractivity contribution in [2.24, 2.45) is 0 Å². The van der Waals surface area contributed by atoms with Crippen molar-refractivity contribution < 1.29 is 9.84 Å². The second kappa shape index (κ2) is 8.69. The molecule has 0 amide bonds. The van der Waals surface area contributed by atoms with Crippen molar-refractivity contribution in [3.8, 4) is 0 Å². The Morgan fingerprint density at radius 2 is 1.45 bits per heavy atom. The number of nitrogens with one attached hydrogen (secondary N) is 1. The van der Waals surface area contributed by atoms with Gasteiger partial charge in [-0.05, 0) is 24.6 Å². The smallest absolute Gasteiger partial charge is 0.108 e. The molecule has 2 N–H and O–H groups in total. The van der Waals surface area contributed by atoms with Gasteiger partial charge in [0, 0.05) is 6.04 Å². The van der Waals surface area contributed by atoms with Crippen LogP contribution in [0.15, 0.2) is 60.7 Å². The molecule has 0 unspecified atom stereocenters. The van der Waals surface area contributed by atoms with Gasteiger partial charge in [0.15, 0.2) is 0 Å². The van der Waals surface area contributed by atoms with Crippen molar-refractivity contribution in [3.63, 3.8) is 0 Å². The molecule has 2 rings (SSSR count). The number of likely N-dealkylation sites (N-methyl/N-ethyl adjacent to an activating group) is 1. The highest BCUT2D eigenvalue weighted by Crippen LogP contribution is 2.26. The van der Waals surface area contributed by atoms with Gasteiger partial charge in [-0.25, -0.2) is 0 Å². The zero-order valence-corrected chi connectivity index (χ0v) is 13.3. The predicted octanol–water partition coefficient (Wildman–Crippen LogP) is 3.15. The van der Waals surface area contributed by atoms with Crippen LogP contribution in [0.3, 0.4) is 0 Å². The van der Waals surface area contributed by atoms with Gasteiger partial charge in [0.1, 0.15) is 6.10 Å². The fourth-order valence-electron chi connectivity index (χ4n) is 2.44. The van der Waals surface area contributed by atoms with Crippen molar-refractivity contribution in [2.75, 3.05) is 13.2 Å². The van der Waals surface area contributed by atoms with Crippen molar-refractivity contribution in [1.82, 2.24) is 5.32 Å². The van der Waals surface area contributed by atoms with Crippen LogP contribution in [-0.2, 0) is 4.74 Å². The molecule has 3 heteroatoms. The number of rotatable bonds is 8. The molecule has 118 valence electrons. The van der Waals surface area contributed by atoms with Crippen molar-refractivity contribution in [1.29, 1.82) is 0 Å². The summed E-state index contributed by atoms with van der Waals surface area (Å²) in [6, 6.07) is 20.2. The first-order valence-electron chi connectivity index (χ1n) is 7.85. The molecule has 2 aromatic carbocycles. The van der Waals surface area contributed by atoms with Crippen LogP contribution in [-0.4, -0.2) is 30.4 Å². The summed E-state index contributed by atoms with van der Waals surface area (Å²) in [5.74, 6) is 0. The molecule has 0 spiro atoms. The molecule has 2 atom stereocenters. The average molecular weight is 299 g/mol. The first-order valence-corrected chi connectivity index (χ1v) is 7.85. The Kier molecular flexibility index (Phi) is 6.59. The van der Waals surface area contributed by atoms with E-state index in [2.05, 4.69) is 29.6 Å². The van der Waals surface area contributed by atoms with Gasteiger partial charge in [-0.3, -0.25) is 0 Å². The van der Waals surface area contributed by atoms with E-state index in [-0.39, 0.29) is 12.1 Å². The molecule has 0 saturated carbocycles. The van der Waals surface area contributed by atoms with E-state index in [9.17, 15) is 5.11 Å². The Morgan fingerprint density at radius 1 is 0.955 bits per heavy atom. The third kappa shape index (κ3) is 4.67. The molecule has 0 heterocycles. The lowest BCUT2D eigenvalue weighted by atomic mass is 10.0. The van der Waals surface area contributed by atoms with Crippen molar-refractivity contribution in [3.05, 3.63) is 71.8 Å². The maximum Gasteiger partial charge on any atom is 0.108 e. The molecule has 3 nitrogen and oxygen atoms in total. The zero-order chi connectivity index (χ0) is 15.8. The quantitative estimate of drug-likeness (QED) is 0.787. The van der Waals surface area contributed by atoms with E-state index >= 15 is 0 Å². The van der Waals surface area contributed by atoms with Gasteiger partial charge in [0.05, 0.1) is 12.7 Å². The fraction of sp³-hybridized carbons (Fsp3) is 0.368. The van der Waals surface area contributed by atoms with Gasteiger partial charge in [-0.2, -0.15) is 0 Å². The van der Waals surface area contributed by atoms with E-state index in [1.807, 2.05) is 50.2 Å². The molecule has 0 aliphatic rings. The lowest BCUT2D eigenvalue weighted by Crippen LogP contribution is -2.40. The van der Waals surface area contributed by atoms with E-state index in [4.69, 9.17) is 4.74 Å². The lowest BCUT2D eigenvalue weighted by molar-refractivity contribution is -0.00679.